The molecule has 2 N–H and O–H groups in total. The van der Waals surface area contributed by atoms with Crippen LogP contribution in [0, 0.1) is 11.3 Å². The first-order valence-corrected chi connectivity index (χ1v) is 7.90. The number of nitrogens with zero attached hydrogens (tertiary/aromatic N) is 4. The number of morpholine rings is 1. The molecule has 2 aromatic rings. The Morgan fingerprint density at radius 2 is 2.04 bits per heavy atom. The van der Waals surface area contributed by atoms with Crippen molar-refractivity contribution in [3.8, 4) is 23.1 Å². The van der Waals surface area contributed by atoms with Crippen molar-refractivity contribution in [3.63, 3.8) is 0 Å². The quantitative estimate of drug-likeness (QED) is 0.884. The summed E-state index contributed by atoms with van der Waals surface area (Å²) < 4.78 is 11.8. The number of nitriles is 1. The molecular weight excluding hydrogens is 322 g/mol. The highest BCUT2D eigenvalue weighted by molar-refractivity contribution is 5.78. The summed E-state index contributed by atoms with van der Waals surface area (Å²) in [6.07, 6.45) is 0. The van der Waals surface area contributed by atoms with Crippen molar-refractivity contribution in [3.05, 3.63) is 29.8 Å². The molecule has 0 radical (unpaired) electrons. The maximum Gasteiger partial charge on any atom is 0.244 e. The predicted octanol–water partition coefficient (Wildman–Crippen LogP) is 0.871. The number of anilines is 1. The van der Waals surface area contributed by atoms with Crippen LogP contribution in [-0.2, 0) is 16.1 Å². The largest absolute Gasteiger partial charge is 0.497 e. The van der Waals surface area contributed by atoms with Crippen molar-refractivity contribution in [2.45, 2.75) is 6.54 Å². The van der Waals surface area contributed by atoms with Gasteiger partial charge >= 0.3 is 0 Å². The van der Waals surface area contributed by atoms with Crippen molar-refractivity contribution < 1.29 is 14.3 Å². The van der Waals surface area contributed by atoms with Crippen molar-refractivity contribution in [2.24, 2.45) is 0 Å². The van der Waals surface area contributed by atoms with Crippen molar-refractivity contribution >= 4 is 11.7 Å². The standard InChI is InChI=1S/C17H19N5O3/c1-24-13-4-2-12(3-5-13)16-14(10-18)17(19)22(20-16)11-15(23)21-6-8-25-9-7-21/h2-5H,6-9,11,19H2,1H3. The van der Waals surface area contributed by atoms with Crippen LogP contribution in [0.4, 0.5) is 5.82 Å². The van der Waals surface area contributed by atoms with Gasteiger partial charge in [-0.1, -0.05) is 0 Å². The van der Waals surface area contributed by atoms with Gasteiger partial charge in [0.1, 0.15) is 35.4 Å². The number of hydrogen-bond donors (Lipinski definition) is 1. The lowest BCUT2D eigenvalue weighted by Gasteiger charge is -2.26. The number of nitrogen functional groups attached to an aromatic ring is 1. The van der Waals surface area contributed by atoms with Crippen LogP contribution in [0.15, 0.2) is 24.3 Å². The molecule has 1 amide bonds. The second kappa shape index (κ2) is 7.23. The van der Waals surface area contributed by atoms with Crippen LogP contribution < -0.4 is 10.5 Å². The van der Waals surface area contributed by atoms with Gasteiger partial charge in [0.15, 0.2) is 0 Å². The van der Waals surface area contributed by atoms with E-state index in [1.54, 1.807) is 36.3 Å². The first-order valence-electron chi connectivity index (χ1n) is 7.90. The van der Waals surface area contributed by atoms with Gasteiger partial charge in [-0.3, -0.25) is 4.79 Å². The normalized spacial score (nSPS) is 14.2. The molecule has 0 spiro atoms. The Hall–Kier alpha value is -3.05. The van der Waals surface area contributed by atoms with Crippen LogP contribution in [0.5, 0.6) is 5.75 Å². The van der Waals surface area contributed by atoms with Gasteiger partial charge in [0.25, 0.3) is 0 Å². The molecule has 1 saturated heterocycles. The number of rotatable bonds is 4. The van der Waals surface area contributed by atoms with Gasteiger partial charge in [0.05, 0.1) is 20.3 Å². The molecule has 0 aliphatic carbocycles. The number of hydrogen-bond acceptors (Lipinski definition) is 6. The summed E-state index contributed by atoms with van der Waals surface area (Å²) in [5, 5.41) is 13.8. The van der Waals surface area contributed by atoms with E-state index in [4.69, 9.17) is 15.2 Å². The van der Waals surface area contributed by atoms with Gasteiger partial charge < -0.3 is 20.1 Å². The molecule has 3 rings (SSSR count). The van der Waals surface area contributed by atoms with Gasteiger partial charge in [0, 0.05) is 18.7 Å². The maximum atomic E-state index is 12.4. The molecule has 1 fully saturated rings. The fourth-order valence-corrected chi connectivity index (χ4v) is 2.70. The lowest BCUT2D eigenvalue weighted by Crippen LogP contribution is -2.42. The van der Waals surface area contributed by atoms with E-state index in [9.17, 15) is 10.1 Å². The summed E-state index contributed by atoms with van der Waals surface area (Å²) in [6.45, 7) is 2.16. The Balaban J connectivity index is 1.87. The second-order valence-electron chi connectivity index (χ2n) is 5.60. The number of benzene rings is 1. The minimum Gasteiger partial charge on any atom is -0.497 e. The van der Waals surface area contributed by atoms with Crippen molar-refractivity contribution in [2.75, 3.05) is 39.1 Å². The Morgan fingerprint density at radius 3 is 2.64 bits per heavy atom. The van der Waals surface area contributed by atoms with Crippen LogP contribution in [0.1, 0.15) is 5.56 Å². The smallest absolute Gasteiger partial charge is 0.244 e. The summed E-state index contributed by atoms with van der Waals surface area (Å²) in [5.74, 6) is 0.801. The highest BCUT2D eigenvalue weighted by Crippen LogP contribution is 2.28. The van der Waals surface area contributed by atoms with Crippen LogP contribution in [0.3, 0.4) is 0 Å². The maximum absolute atomic E-state index is 12.4. The van der Waals surface area contributed by atoms with Crippen LogP contribution in [0.2, 0.25) is 0 Å². The molecule has 25 heavy (non-hydrogen) atoms. The molecule has 1 aliphatic rings. The van der Waals surface area contributed by atoms with Gasteiger partial charge in [0.2, 0.25) is 5.91 Å². The molecule has 1 aliphatic heterocycles. The van der Waals surface area contributed by atoms with E-state index in [2.05, 4.69) is 11.2 Å². The molecule has 0 atom stereocenters. The Bertz CT molecular complexity index is 801. The van der Waals surface area contributed by atoms with Crippen molar-refractivity contribution in [1.29, 1.82) is 5.26 Å². The van der Waals surface area contributed by atoms with Gasteiger partial charge in [-0.25, -0.2) is 4.68 Å². The topological polar surface area (TPSA) is 106 Å². The SMILES string of the molecule is COc1ccc(-c2nn(CC(=O)N3CCOCC3)c(N)c2C#N)cc1. The average Bonchev–Trinajstić information content (AvgIpc) is 2.98. The number of nitrogens with two attached hydrogens (primary N) is 1. The van der Waals surface area contributed by atoms with E-state index in [0.29, 0.717) is 37.7 Å². The number of carbonyl (C=O) groups is 1. The summed E-state index contributed by atoms with van der Waals surface area (Å²) >= 11 is 0. The summed E-state index contributed by atoms with van der Waals surface area (Å²) in [6, 6.07) is 9.25. The highest BCUT2D eigenvalue weighted by Gasteiger charge is 2.22. The lowest BCUT2D eigenvalue weighted by atomic mass is 10.1. The fraction of sp³-hybridized carbons (Fsp3) is 0.353. The number of aromatic nitrogens is 2. The van der Waals surface area contributed by atoms with Gasteiger partial charge in [-0.05, 0) is 24.3 Å². The first kappa shape index (κ1) is 16.8. The molecule has 1 aromatic carbocycles. The molecule has 0 bridgehead atoms. The zero-order chi connectivity index (χ0) is 17.8. The third kappa shape index (κ3) is 3.41. The Labute approximate surface area is 145 Å². The van der Waals surface area contributed by atoms with Gasteiger partial charge in [-0.2, -0.15) is 10.4 Å². The average molecular weight is 341 g/mol. The number of amides is 1. The van der Waals surface area contributed by atoms with Crippen molar-refractivity contribution in [1.82, 2.24) is 14.7 Å². The van der Waals surface area contributed by atoms with Gasteiger partial charge in [-0.15, -0.1) is 0 Å². The molecule has 130 valence electrons. The summed E-state index contributed by atoms with van der Waals surface area (Å²) in [4.78, 5) is 14.1. The zero-order valence-electron chi connectivity index (χ0n) is 13.9. The number of ether oxygens (including phenoxy) is 2. The monoisotopic (exact) mass is 341 g/mol. The van der Waals surface area contributed by atoms with E-state index in [1.165, 1.54) is 4.68 Å². The molecule has 0 unspecified atom stereocenters. The fourth-order valence-electron chi connectivity index (χ4n) is 2.70. The van der Waals surface area contributed by atoms with E-state index in [0.717, 1.165) is 5.56 Å². The predicted molar refractivity (Wildman–Crippen MR) is 90.7 cm³/mol. The Kier molecular flexibility index (Phi) is 4.86. The van der Waals surface area contributed by atoms with E-state index >= 15 is 0 Å². The minimum atomic E-state index is -0.0942. The highest BCUT2D eigenvalue weighted by atomic mass is 16.5. The van der Waals surface area contributed by atoms with E-state index in [-0.39, 0.29) is 23.8 Å². The van der Waals surface area contributed by atoms with Crippen LogP contribution >= 0.6 is 0 Å². The number of methoxy groups -OCH3 is 1. The Morgan fingerprint density at radius 1 is 1.36 bits per heavy atom. The third-order valence-corrected chi connectivity index (χ3v) is 4.12. The molecule has 0 saturated carbocycles. The second-order valence-corrected chi connectivity index (χ2v) is 5.60. The first-order chi connectivity index (χ1) is 12.1. The molecule has 2 heterocycles. The zero-order valence-corrected chi connectivity index (χ0v) is 13.9. The summed E-state index contributed by atoms with van der Waals surface area (Å²) in [7, 11) is 1.58. The van der Waals surface area contributed by atoms with E-state index in [1.807, 2.05) is 0 Å². The molecular formula is C17H19N5O3. The molecule has 1 aromatic heterocycles. The number of carbonyl (C=O) groups excluding carboxylic acids is 1. The van der Waals surface area contributed by atoms with Crippen LogP contribution in [0.25, 0.3) is 11.3 Å². The molecule has 8 nitrogen and oxygen atoms in total. The van der Waals surface area contributed by atoms with E-state index < -0.39 is 0 Å². The summed E-state index contributed by atoms with van der Waals surface area (Å²) in [5.41, 5.74) is 7.50. The third-order valence-electron chi connectivity index (χ3n) is 4.12. The lowest BCUT2D eigenvalue weighted by molar-refractivity contribution is -0.136. The van der Waals surface area contributed by atoms with Crippen LogP contribution in [-0.4, -0.2) is 54.0 Å². The minimum absolute atomic E-state index is 0.00331. The molecule has 8 heteroatoms.